The molecule has 1 aromatic heterocycles. The second-order valence-corrected chi connectivity index (χ2v) is 5.69. The molecule has 124 valence electrons. The van der Waals surface area contributed by atoms with Gasteiger partial charge in [-0.1, -0.05) is 38.5 Å². The summed E-state index contributed by atoms with van der Waals surface area (Å²) in [6.45, 7) is 4.07. The summed E-state index contributed by atoms with van der Waals surface area (Å²) in [5.74, 6) is -1.44. The summed E-state index contributed by atoms with van der Waals surface area (Å²) in [5, 5.41) is 17.4. The van der Waals surface area contributed by atoms with E-state index in [2.05, 4.69) is 15.6 Å². The molecule has 1 aromatic carbocycles. The Morgan fingerprint density at radius 3 is 2.74 bits per heavy atom. The fourth-order valence-electron chi connectivity index (χ4n) is 2.51. The number of carboxylic acids is 1. The molecule has 6 nitrogen and oxygen atoms in total. The molecule has 2 atom stereocenters. The summed E-state index contributed by atoms with van der Waals surface area (Å²) in [4.78, 5) is 26.1. The first-order valence-electron chi connectivity index (χ1n) is 7.83. The number of benzene rings is 1. The predicted molar refractivity (Wildman–Crippen MR) is 86.8 cm³/mol. The number of aromatic nitrogens is 1. The largest absolute Gasteiger partial charge is 0.548 e. The molecule has 6 heteroatoms. The van der Waals surface area contributed by atoms with Gasteiger partial charge in [0.15, 0.2) is 0 Å². The van der Waals surface area contributed by atoms with Gasteiger partial charge in [0, 0.05) is 23.6 Å². The van der Waals surface area contributed by atoms with Gasteiger partial charge in [-0.25, -0.2) is 4.79 Å². The van der Waals surface area contributed by atoms with Crippen molar-refractivity contribution >= 4 is 22.9 Å². The summed E-state index contributed by atoms with van der Waals surface area (Å²) in [6, 6.07) is 6.48. The van der Waals surface area contributed by atoms with Crippen molar-refractivity contribution in [3.05, 3.63) is 36.0 Å². The number of hydrogen-bond donors (Lipinski definition) is 3. The summed E-state index contributed by atoms with van der Waals surface area (Å²) in [5.41, 5.74) is 2.17. The zero-order chi connectivity index (χ0) is 16.8. The molecule has 0 spiro atoms. The lowest BCUT2D eigenvalue weighted by molar-refractivity contribution is -0.309. The summed E-state index contributed by atoms with van der Waals surface area (Å²) in [6.07, 6.45) is 3.23. The summed E-state index contributed by atoms with van der Waals surface area (Å²) in [7, 11) is 0. The number of nitrogens with one attached hydrogen (secondary N) is 3. The first kappa shape index (κ1) is 16.9. The Bertz CT molecular complexity index is 681. The van der Waals surface area contributed by atoms with Crippen LogP contribution in [0.2, 0.25) is 0 Å². The van der Waals surface area contributed by atoms with Crippen LogP contribution in [0.15, 0.2) is 30.5 Å². The number of rotatable bonds is 7. The molecule has 0 saturated carbocycles. The van der Waals surface area contributed by atoms with E-state index in [4.69, 9.17) is 0 Å². The average Bonchev–Trinajstić information content (AvgIpc) is 2.95. The second kappa shape index (κ2) is 7.67. The van der Waals surface area contributed by atoms with Crippen LogP contribution < -0.4 is 15.7 Å². The average molecular weight is 316 g/mol. The standard InChI is InChI=1S/C17H23N3O3/c1-3-11(2)15(16(21)22)20-17(23)18-9-8-12-10-19-14-7-5-4-6-13(12)14/h4-7,10-11,15,19H,3,8-9H2,1-2H3,(H,21,22)(H2,18,20,23)/p-1/t11-,15+/m1/s1. The molecule has 0 saturated heterocycles. The van der Waals surface area contributed by atoms with Crippen molar-refractivity contribution in [3.8, 4) is 0 Å². The summed E-state index contributed by atoms with van der Waals surface area (Å²) < 4.78 is 0. The first-order valence-corrected chi connectivity index (χ1v) is 7.83. The number of amides is 2. The Labute approximate surface area is 135 Å². The highest BCUT2D eigenvalue weighted by atomic mass is 16.4. The molecule has 3 N–H and O–H groups in total. The number of para-hydroxylation sites is 1. The van der Waals surface area contributed by atoms with E-state index in [1.165, 1.54) is 0 Å². The van der Waals surface area contributed by atoms with Gasteiger partial charge >= 0.3 is 6.03 Å². The Kier molecular flexibility index (Phi) is 5.62. The molecule has 0 unspecified atom stereocenters. The minimum atomic E-state index is -1.26. The number of carbonyl (C=O) groups is 2. The van der Waals surface area contributed by atoms with Crippen LogP contribution in [0.4, 0.5) is 4.79 Å². The molecule has 1 heterocycles. The first-order chi connectivity index (χ1) is 11.0. The van der Waals surface area contributed by atoms with Gasteiger partial charge in [0.1, 0.15) is 0 Å². The monoisotopic (exact) mass is 316 g/mol. The van der Waals surface area contributed by atoms with Crippen LogP contribution in [0.5, 0.6) is 0 Å². The van der Waals surface area contributed by atoms with Crippen molar-refractivity contribution in [1.82, 2.24) is 15.6 Å². The number of carbonyl (C=O) groups excluding carboxylic acids is 2. The van der Waals surface area contributed by atoms with E-state index in [1.54, 1.807) is 6.92 Å². The van der Waals surface area contributed by atoms with Crippen LogP contribution >= 0.6 is 0 Å². The number of hydrogen-bond acceptors (Lipinski definition) is 3. The predicted octanol–water partition coefficient (Wildman–Crippen LogP) is 1.17. The fourth-order valence-corrected chi connectivity index (χ4v) is 2.51. The van der Waals surface area contributed by atoms with E-state index in [0.717, 1.165) is 16.5 Å². The Balaban J connectivity index is 1.86. The Morgan fingerprint density at radius 1 is 1.30 bits per heavy atom. The van der Waals surface area contributed by atoms with Crippen LogP contribution in [0, 0.1) is 5.92 Å². The lowest BCUT2D eigenvalue weighted by Crippen LogP contribution is -2.54. The van der Waals surface area contributed by atoms with Gasteiger partial charge in [-0.05, 0) is 24.0 Å². The Morgan fingerprint density at radius 2 is 2.04 bits per heavy atom. The van der Waals surface area contributed by atoms with Gasteiger partial charge in [-0.2, -0.15) is 0 Å². The molecule has 0 radical (unpaired) electrons. The van der Waals surface area contributed by atoms with Gasteiger partial charge < -0.3 is 25.5 Å². The molecule has 0 aliphatic rings. The zero-order valence-corrected chi connectivity index (χ0v) is 13.4. The number of H-pyrrole nitrogens is 1. The SMILES string of the molecule is CC[C@@H](C)[C@H](NC(=O)NCCc1c[nH]c2ccccc12)C(=O)[O-]. The lowest BCUT2D eigenvalue weighted by atomic mass is 9.99. The number of fused-ring (bicyclic) bond motifs is 1. The smallest absolute Gasteiger partial charge is 0.315 e. The molecular formula is C17H22N3O3-. The van der Waals surface area contributed by atoms with E-state index in [1.807, 2.05) is 37.4 Å². The molecular weight excluding hydrogens is 294 g/mol. The number of aliphatic carboxylic acids is 1. The van der Waals surface area contributed by atoms with Crippen LogP contribution in [-0.4, -0.2) is 29.6 Å². The lowest BCUT2D eigenvalue weighted by Gasteiger charge is -2.25. The van der Waals surface area contributed by atoms with Crippen molar-refractivity contribution in [3.63, 3.8) is 0 Å². The van der Waals surface area contributed by atoms with E-state index in [0.29, 0.717) is 19.4 Å². The maximum absolute atomic E-state index is 11.8. The topological polar surface area (TPSA) is 97.1 Å². The fraction of sp³-hybridized carbons (Fsp3) is 0.412. The van der Waals surface area contributed by atoms with Crippen molar-refractivity contribution in [1.29, 1.82) is 0 Å². The molecule has 0 bridgehead atoms. The van der Waals surface area contributed by atoms with Gasteiger partial charge in [0.05, 0.1) is 12.0 Å². The quantitative estimate of drug-likeness (QED) is 0.715. The van der Waals surface area contributed by atoms with Gasteiger partial charge in [-0.3, -0.25) is 0 Å². The van der Waals surface area contributed by atoms with Gasteiger partial charge in [0.2, 0.25) is 0 Å². The highest BCUT2D eigenvalue weighted by molar-refractivity contribution is 5.83. The van der Waals surface area contributed by atoms with E-state index in [9.17, 15) is 14.7 Å². The van der Waals surface area contributed by atoms with Crippen LogP contribution in [-0.2, 0) is 11.2 Å². The molecule has 2 amide bonds. The molecule has 0 fully saturated rings. The normalized spacial score (nSPS) is 13.5. The van der Waals surface area contributed by atoms with Gasteiger partial charge in [0.25, 0.3) is 0 Å². The van der Waals surface area contributed by atoms with Crippen molar-refractivity contribution in [2.45, 2.75) is 32.7 Å². The highest BCUT2D eigenvalue weighted by Gasteiger charge is 2.19. The van der Waals surface area contributed by atoms with Crippen LogP contribution in [0.25, 0.3) is 10.9 Å². The number of urea groups is 1. The van der Waals surface area contributed by atoms with Crippen molar-refractivity contribution < 1.29 is 14.7 Å². The maximum Gasteiger partial charge on any atom is 0.315 e. The van der Waals surface area contributed by atoms with E-state index < -0.39 is 18.0 Å². The van der Waals surface area contributed by atoms with Crippen molar-refractivity contribution in [2.24, 2.45) is 5.92 Å². The van der Waals surface area contributed by atoms with Crippen LogP contribution in [0.1, 0.15) is 25.8 Å². The zero-order valence-electron chi connectivity index (χ0n) is 13.4. The molecule has 0 aliphatic heterocycles. The molecule has 2 rings (SSSR count). The third kappa shape index (κ3) is 4.25. The van der Waals surface area contributed by atoms with Crippen LogP contribution in [0.3, 0.4) is 0 Å². The molecule has 2 aromatic rings. The third-order valence-electron chi connectivity index (χ3n) is 4.11. The second-order valence-electron chi connectivity index (χ2n) is 5.69. The third-order valence-corrected chi connectivity index (χ3v) is 4.11. The van der Waals surface area contributed by atoms with E-state index in [-0.39, 0.29) is 5.92 Å². The van der Waals surface area contributed by atoms with Gasteiger partial charge in [-0.15, -0.1) is 0 Å². The maximum atomic E-state index is 11.8. The Hall–Kier alpha value is -2.50. The van der Waals surface area contributed by atoms with Crippen molar-refractivity contribution in [2.75, 3.05) is 6.54 Å². The molecule has 23 heavy (non-hydrogen) atoms. The minimum absolute atomic E-state index is 0.181. The number of aromatic amines is 1. The minimum Gasteiger partial charge on any atom is -0.548 e. The summed E-state index contributed by atoms with van der Waals surface area (Å²) >= 11 is 0. The van der Waals surface area contributed by atoms with E-state index >= 15 is 0 Å². The molecule has 0 aliphatic carbocycles. The highest BCUT2D eigenvalue weighted by Crippen LogP contribution is 2.17. The number of carboxylic acid groups (broad SMARTS) is 1.